The molecule has 0 saturated heterocycles. The summed E-state index contributed by atoms with van der Waals surface area (Å²) in [5.74, 6) is -0.770. The summed E-state index contributed by atoms with van der Waals surface area (Å²) in [7, 11) is 0. The van der Waals surface area contributed by atoms with Crippen molar-refractivity contribution in [2.75, 3.05) is 0 Å². The van der Waals surface area contributed by atoms with Crippen LogP contribution in [0.5, 0.6) is 0 Å². The topological polar surface area (TPSA) is 81.1 Å². The lowest BCUT2D eigenvalue weighted by Gasteiger charge is -2.33. The largest absolute Gasteiger partial charge is 0.425 e. The van der Waals surface area contributed by atoms with Crippen molar-refractivity contribution >= 4 is 27.6 Å². The van der Waals surface area contributed by atoms with Crippen LogP contribution in [0.25, 0.3) is 27.4 Å². The lowest BCUT2D eigenvalue weighted by molar-refractivity contribution is -0.247. The number of hydrogen-bond donors (Lipinski definition) is 2. The van der Waals surface area contributed by atoms with Gasteiger partial charge in [0.25, 0.3) is 0 Å². The Labute approximate surface area is 191 Å². The Morgan fingerprint density at radius 2 is 1.56 bits per heavy atom. The van der Waals surface area contributed by atoms with E-state index in [9.17, 15) is 23.1 Å². The maximum absolute atomic E-state index is 14.6. The van der Waals surface area contributed by atoms with E-state index in [1.807, 2.05) is 30.3 Å². The summed E-state index contributed by atoms with van der Waals surface area (Å²) in [6.45, 7) is 0. The Hall–Kier alpha value is -4.17. The quantitative estimate of drug-likeness (QED) is 0.392. The summed E-state index contributed by atoms with van der Waals surface area (Å²) in [6, 6.07) is 21.6. The van der Waals surface area contributed by atoms with Gasteiger partial charge < -0.3 is 10.8 Å². The number of carbonyl (C=O) groups is 1. The molecule has 8 heteroatoms. The van der Waals surface area contributed by atoms with Crippen LogP contribution in [-0.2, 0) is 5.60 Å². The van der Waals surface area contributed by atoms with E-state index in [2.05, 4.69) is 5.10 Å². The average molecular weight is 461 g/mol. The number of halogens is 3. The van der Waals surface area contributed by atoms with Crippen molar-refractivity contribution in [2.24, 2.45) is 5.73 Å². The lowest BCUT2D eigenvalue weighted by Crippen LogP contribution is -2.43. The van der Waals surface area contributed by atoms with Gasteiger partial charge in [0.2, 0.25) is 11.5 Å². The van der Waals surface area contributed by atoms with E-state index in [-0.39, 0.29) is 21.9 Å². The molecule has 34 heavy (non-hydrogen) atoms. The van der Waals surface area contributed by atoms with E-state index < -0.39 is 23.2 Å². The van der Waals surface area contributed by atoms with Gasteiger partial charge in [-0.1, -0.05) is 54.6 Å². The number of aliphatic hydroxyl groups is 1. The van der Waals surface area contributed by atoms with Crippen molar-refractivity contribution in [1.29, 1.82) is 0 Å². The van der Waals surface area contributed by atoms with Crippen molar-refractivity contribution in [3.63, 3.8) is 0 Å². The van der Waals surface area contributed by atoms with Crippen LogP contribution in [0, 0.1) is 0 Å². The van der Waals surface area contributed by atoms with E-state index in [1.54, 1.807) is 16.8 Å². The minimum Gasteiger partial charge on any atom is -0.372 e. The van der Waals surface area contributed by atoms with Crippen LogP contribution in [-0.4, -0.2) is 27.0 Å². The van der Waals surface area contributed by atoms with Crippen LogP contribution in [0.2, 0.25) is 0 Å². The molecule has 0 aliphatic heterocycles. The minimum atomic E-state index is -5.06. The Bertz CT molecular complexity index is 1540. The third kappa shape index (κ3) is 3.22. The molecule has 1 heterocycles. The summed E-state index contributed by atoms with van der Waals surface area (Å²) >= 11 is 0. The fourth-order valence-electron chi connectivity index (χ4n) is 4.33. The Morgan fingerprint density at radius 3 is 2.24 bits per heavy atom. The molecule has 0 spiro atoms. The number of nitrogens with two attached hydrogens (primary N) is 1. The molecule has 0 saturated carbocycles. The van der Waals surface area contributed by atoms with Crippen molar-refractivity contribution in [3.8, 4) is 5.69 Å². The second-order valence-corrected chi connectivity index (χ2v) is 7.94. The van der Waals surface area contributed by atoms with Gasteiger partial charge in [-0.3, -0.25) is 4.79 Å². The first-order valence-electron chi connectivity index (χ1n) is 10.4. The molecule has 5 aromatic rings. The normalized spacial score (nSPS) is 13.8. The number of fused-ring (bicyclic) bond motifs is 2. The van der Waals surface area contributed by atoms with Crippen molar-refractivity contribution in [1.82, 2.24) is 9.78 Å². The zero-order valence-electron chi connectivity index (χ0n) is 17.6. The highest BCUT2D eigenvalue weighted by Gasteiger charge is 2.57. The summed E-state index contributed by atoms with van der Waals surface area (Å²) in [6.07, 6.45) is -3.61. The molecule has 5 nitrogen and oxygen atoms in total. The summed E-state index contributed by atoms with van der Waals surface area (Å²) < 4.78 is 45.3. The molecule has 1 aromatic heterocycles. The number of primary amides is 1. The zero-order valence-corrected chi connectivity index (χ0v) is 17.6. The number of aromatic nitrogens is 2. The molecular weight excluding hydrogens is 443 g/mol. The fraction of sp³-hybridized carbons (Fsp3) is 0.0769. The highest BCUT2D eigenvalue weighted by atomic mass is 19.4. The Balaban J connectivity index is 1.75. The molecular formula is C26H18F3N3O2. The van der Waals surface area contributed by atoms with Crippen molar-refractivity contribution in [2.45, 2.75) is 11.8 Å². The van der Waals surface area contributed by atoms with Crippen LogP contribution in [0.4, 0.5) is 13.2 Å². The van der Waals surface area contributed by atoms with Gasteiger partial charge in [-0.15, -0.1) is 0 Å². The minimum absolute atomic E-state index is 0.0727. The molecule has 1 unspecified atom stereocenters. The van der Waals surface area contributed by atoms with Gasteiger partial charge in [-0.2, -0.15) is 18.3 Å². The maximum Gasteiger partial charge on any atom is 0.425 e. The summed E-state index contributed by atoms with van der Waals surface area (Å²) in [5, 5.41) is 16.4. The zero-order chi connectivity index (χ0) is 24.1. The molecule has 1 atom stereocenters. The van der Waals surface area contributed by atoms with Crippen LogP contribution in [0.3, 0.4) is 0 Å². The van der Waals surface area contributed by atoms with Crippen molar-refractivity contribution in [3.05, 3.63) is 108 Å². The highest BCUT2D eigenvalue weighted by Crippen LogP contribution is 2.47. The second kappa shape index (κ2) is 7.71. The van der Waals surface area contributed by atoms with E-state index in [4.69, 9.17) is 5.73 Å². The summed E-state index contributed by atoms with van der Waals surface area (Å²) in [4.78, 5) is 11.8. The maximum atomic E-state index is 14.6. The van der Waals surface area contributed by atoms with Crippen LogP contribution >= 0.6 is 0 Å². The van der Waals surface area contributed by atoms with Gasteiger partial charge in [0, 0.05) is 16.5 Å². The van der Waals surface area contributed by atoms with E-state index in [1.165, 1.54) is 42.6 Å². The SMILES string of the molecule is NC(=O)c1ccc(C(O)(c2ccc3c(cnn3-c3ccccc3)c2)C(F)(F)F)c2ccccc12. The number of amides is 1. The Morgan fingerprint density at radius 1 is 0.882 bits per heavy atom. The lowest BCUT2D eigenvalue weighted by atomic mass is 9.81. The third-order valence-corrected chi connectivity index (χ3v) is 5.98. The first kappa shape index (κ1) is 21.7. The van der Waals surface area contributed by atoms with Crippen LogP contribution in [0.15, 0.2) is 91.1 Å². The van der Waals surface area contributed by atoms with Gasteiger partial charge in [0.05, 0.1) is 17.4 Å². The van der Waals surface area contributed by atoms with Crippen LogP contribution < -0.4 is 5.73 Å². The number of carbonyl (C=O) groups excluding carboxylic acids is 1. The highest BCUT2D eigenvalue weighted by molar-refractivity contribution is 6.07. The number of nitrogens with zero attached hydrogens (tertiary/aromatic N) is 2. The summed E-state index contributed by atoms with van der Waals surface area (Å²) in [5.41, 5.74) is 2.73. The molecule has 0 bridgehead atoms. The standard InChI is InChI=1S/C26H18F3N3O2/c27-26(28,29)25(34,22-12-11-21(24(30)33)19-8-4-5-9-20(19)22)17-10-13-23-16(14-17)15-31-32(23)18-6-2-1-3-7-18/h1-15,34H,(H2,30,33). The third-order valence-electron chi connectivity index (χ3n) is 5.98. The molecule has 0 aliphatic carbocycles. The first-order valence-corrected chi connectivity index (χ1v) is 10.4. The number of para-hydroxylation sites is 1. The number of alkyl halides is 3. The van der Waals surface area contributed by atoms with E-state index in [0.717, 1.165) is 11.8 Å². The average Bonchev–Trinajstić information content (AvgIpc) is 3.26. The number of hydrogen-bond acceptors (Lipinski definition) is 3. The monoisotopic (exact) mass is 461 g/mol. The second-order valence-electron chi connectivity index (χ2n) is 7.94. The van der Waals surface area contributed by atoms with E-state index in [0.29, 0.717) is 10.9 Å². The molecule has 1 amide bonds. The molecule has 5 rings (SSSR count). The fourth-order valence-corrected chi connectivity index (χ4v) is 4.33. The van der Waals surface area contributed by atoms with Gasteiger partial charge in [0.1, 0.15) is 0 Å². The van der Waals surface area contributed by atoms with Gasteiger partial charge in [-0.05, 0) is 46.7 Å². The molecule has 170 valence electrons. The number of rotatable bonds is 4. The van der Waals surface area contributed by atoms with Crippen LogP contribution in [0.1, 0.15) is 21.5 Å². The molecule has 4 aromatic carbocycles. The predicted molar refractivity (Wildman–Crippen MR) is 123 cm³/mol. The number of benzene rings is 4. The van der Waals surface area contributed by atoms with Gasteiger partial charge >= 0.3 is 6.18 Å². The smallest absolute Gasteiger partial charge is 0.372 e. The molecule has 0 aliphatic rings. The Kier molecular flexibility index (Phi) is 4.91. The predicted octanol–water partition coefficient (Wildman–Crippen LogP) is 5.08. The first-order chi connectivity index (χ1) is 16.2. The van der Waals surface area contributed by atoms with Gasteiger partial charge in [0.15, 0.2) is 0 Å². The molecule has 3 N–H and O–H groups in total. The van der Waals surface area contributed by atoms with E-state index >= 15 is 0 Å². The molecule has 0 radical (unpaired) electrons. The molecule has 0 fully saturated rings. The van der Waals surface area contributed by atoms with Crippen molar-refractivity contribution < 1.29 is 23.1 Å². The van der Waals surface area contributed by atoms with Gasteiger partial charge in [-0.25, -0.2) is 4.68 Å².